The van der Waals surface area contributed by atoms with Crippen LogP contribution in [0.3, 0.4) is 0 Å². The molecule has 0 bridgehead atoms. The zero-order valence-corrected chi connectivity index (χ0v) is 15.1. The van der Waals surface area contributed by atoms with Crippen LogP contribution in [0.25, 0.3) is 0 Å². The molecule has 1 saturated heterocycles. The van der Waals surface area contributed by atoms with Crippen molar-refractivity contribution < 1.29 is 24.1 Å². The van der Waals surface area contributed by atoms with E-state index >= 15 is 0 Å². The predicted molar refractivity (Wildman–Crippen MR) is 96.1 cm³/mol. The number of cyclic esters (lactones) is 1. The highest BCUT2D eigenvalue weighted by Crippen LogP contribution is 2.47. The summed E-state index contributed by atoms with van der Waals surface area (Å²) in [5.74, 6) is 1.36. The lowest BCUT2D eigenvalue weighted by atomic mass is 9.91. The second-order valence-electron chi connectivity index (χ2n) is 6.14. The lowest BCUT2D eigenvalue weighted by Gasteiger charge is -2.34. The van der Waals surface area contributed by atoms with Gasteiger partial charge in [-0.15, -0.1) is 0 Å². The second kappa shape index (κ2) is 7.25. The Labute approximate surface area is 152 Å². The lowest BCUT2D eigenvalue weighted by Crippen LogP contribution is -2.46. The maximum atomic E-state index is 12.5. The number of benzene rings is 2. The molecule has 0 saturated carbocycles. The van der Waals surface area contributed by atoms with Crippen molar-refractivity contribution in [2.24, 2.45) is 0 Å². The SMILES string of the molecule is CCCN1C(=O)OC(c2ccc(OC)cc2)C1(O)c1ccc(OC)cc1. The van der Waals surface area contributed by atoms with Gasteiger partial charge < -0.3 is 19.3 Å². The third-order valence-corrected chi connectivity index (χ3v) is 4.60. The number of ether oxygens (including phenoxy) is 3. The van der Waals surface area contributed by atoms with Crippen molar-refractivity contribution in [2.45, 2.75) is 25.2 Å². The molecular weight excluding hydrogens is 334 g/mol. The summed E-state index contributed by atoms with van der Waals surface area (Å²) in [4.78, 5) is 13.9. The summed E-state index contributed by atoms with van der Waals surface area (Å²) in [7, 11) is 3.16. The summed E-state index contributed by atoms with van der Waals surface area (Å²) >= 11 is 0. The van der Waals surface area contributed by atoms with Crippen molar-refractivity contribution in [1.82, 2.24) is 4.90 Å². The van der Waals surface area contributed by atoms with Crippen molar-refractivity contribution in [3.8, 4) is 11.5 Å². The van der Waals surface area contributed by atoms with Crippen LogP contribution in [-0.2, 0) is 10.5 Å². The van der Waals surface area contributed by atoms with E-state index in [-0.39, 0.29) is 0 Å². The summed E-state index contributed by atoms with van der Waals surface area (Å²) in [5.41, 5.74) is -0.344. The van der Waals surface area contributed by atoms with Crippen LogP contribution < -0.4 is 9.47 Å². The molecule has 3 rings (SSSR count). The Balaban J connectivity index is 2.06. The molecule has 2 atom stereocenters. The number of hydrogen-bond acceptors (Lipinski definition) is 5. The number of carbonyl (C=O) groups excluding carboxylic acids is 1. The van der Waals surface area contributed by atoms with E-state index in [9.17, 15) is 9.90 Å². The van der Waals surface area contributed by atoms with E-state index in [0.29, 0.717) is 35.6 Å². The van der Waals surface area contributed by atoms with Crippen molar-refractivity contribution in [1.29, 1.82) is 0 Å². The van der Waals surface area contributed by atoms with E-state index < -0.39 is 17.9 Å². The monoisotopic (exact) mass is 357 g/mol. The van der Waals surface area contributed by atoms with Crippen molar-refractivity contribution >= 4 is 6.09 Å². The van der Waals surface area contributed by atoms with E-state index in [1.54, 1.807) is 62.8 Å². The van der Waals surface area contributed by atoms with E-state index in [0.717, 1.165) is 0 Å². The molecule has 2 aromatic carbocycles. The molecule has 0 radical (unpaired) electrons. The van der Waals surface area contributed by atoms with Crippen LogP contribution in [-0.4, -0.2) is 36.9 Å². The number of nitrogens with zero attached hydrogens (tertiary/aromatic N) is 1. The normalized spacial score (nSPS) is 22.2. The molecule has 6 heteroatoms. The van der Waals surface area contributed by atoms with Crippen LogP contribution in [0.4, 0.5) is 4.79 Å². The first-order valence-corrected chi connectivity index (χ1v) is 8.53. The summed E-state index contributed by atoms with van der Waals surface area (Å²) in [5, 5.41) is 11.6. The maximum absolute atomic E-state index is 12.5. The smallest absolute Gasteiger partial charge is 0.413 e. The molecule has 2 aromatic rings. The van der Waals surface area contributed by atoms with Gasteiger partial charge in [-0.1, -0.05) is 31.2 Å². The molecule has 1 fully saturated rings. The fraction of sp³-hybridized carbons (Fsp3) is 0.350. The minimum atomic E-state index is -1.60. The molecule has 0 aromatic heterocycles. The van der Waals surface area contributed by atoms with Crippen LogP contribution in [0, 0.1) is 0 Å². The molecule has 1 aliphatic rings. The Bertz CT molecular complexity index is 759. The Morgan fingerprint density at radius 1 is 1.04 bits per heavy atom. The first-order chi connectivity index (χ1) is 12.5. The van der Waals surface area contributed by atoms with Crippen LogP contribution in [0.5, 0.6) is 11.5 Å². The van der Waals surface area contributed by atoms with E-state index in [4.69, 9.17) is 14.2 Å². The quantitative estimate of drug-likeness (QED) is 0.858. The zero-order valence-electron chi connectivity index (χ0n) is 15.1. The average molecular weight is 357 g/mol. The molecule has 0 spiro atoms. The Morgan fingerprint density at radius 3 is 2.08 bits per heavy atom. The molecule has 1 heterocycles. The Kier molecular flexibility index (Phi) is 5.04. The van der Waals surface area contributed by atoms with Crippen LogP contribution in [0.2, 0.25) is 0 Å². The molecule has 1 aliphatic heterocycles. The molecular formula is C20H23NO5. The van der Waals surface area contributed by atoms with Gasteiger partial charge in [0, 0.05) is 12.1 Å². The van der Waals surface area contributed by atoms with Gasteiger partial charge >= 0.3 is 6.09 Å². The van der Waals surface area contributed by atoms with Gasteiger partial charge in [0.25, 0.3) is 0 Å². The van der Waals surface area contributed by atoms with Gasteiger partial charge in [0.2, 0.25) is 5.72 Å². The average Bonchev–Trinajstić information content (AvgIpc) is 2.94. The largest absolute Gasteiger partial charge is 0.497 e. The highest BCUT2D eigenvalue weighted by Gasteiger charge is 2.55. The number of carbonyl (C=O) groups is 1. The maximum Gasteiger partial charge on any atom is 0.413 e. The predicted octanol–water partition coefficient (Wildman–Crippen LogP) is 3.45. The zero-order chi connectivity index (χ0) is 18.7. The molecule has 2 unspecified atom stereocenters. The lowest BCUT2D eigenvalue weighted by molar-refractivity contribution is -0.109. The van der Waals surface area contributed by atoms with Gasteiger partial charge in [-0.05, 0) is 36.2 Å². The molecule has 0 aliphatic carbocycles. The van der Waals surface area contributed by atoms with Crippen molar-refractivity contribution in [3.05, 3.63) is 59.7 Å². The summed E-state index contributed by atoms with van der Waals surface area (Å²) in [6, 6.07) is 14.2. The molecule has 26 heavy (non-hydrogen) atoms. The van der Waals surface area contributed by atoms with Gasteiger partial charge in [0.05, 0.1) is 14.2 Å². The van der Waals surface area contributed by atoms with Crippen molar-refractivity contribution in [2.75, 3.05) is 20.8 Å². The molecule has 6 nitrogen and oxygen atoms in total. The first-order valence-electron chi connectivity index (χ1n) is 8.53. The highest BCUT2D eigenvalue weighted by molar-refractivity contribution is 5.72. The topological polar surface area (TPSA) is 68.2 Å². The van der Waals surface area contributed by atoms with Gasteiger partial charge in [-0.25, -0.2) is 4.79 Å². The number of aliphatic hydroxyl groups is 1. The third kappa shape index (κ3) is 2.97. The molecule has 1 amide bonds. The fourth-order valence-corrected chi connectivity index (χ4v) is 3.24. The standard InChI is InChI=1S/C20H23NO5/c1-4-13-21-19(22)26-18(14-5-9-16(24-2)10-6-14)20(21,23)15-7-11-17(25-3)12-8-15/h5-12,18,23H,4,13H2,1-3H3. The minimum Gasteiger partial charge on any atom is -0.497 e. The minimum absolute atomic E-state index is 0.383. The fourth-order valence-electron chi connectivity index (χ4n) is 3.24. The first kappa shape index (κ1) is 18.1. The molecule has 1 N–H and O–H groups in total. The third-order valence-electron chi connectivity index (χ3n) is 4.60. The van der Waals surface area contributed by atoms with E-state index in [2.05, 4.69) is 0 Å². The van der Waals surface area contributed by atoms with Gasteiger partial charge in [0.1, 0.15) is 11.5 Å². The number of amides is 1. The van der Waals surface area contributed by atoms with E-state index in [1.165, 1.54) is 4.90 Å². The summed E-state index contributed by atoms with van der Waals surface area (Å²) < 4.78 is 15.9. The van der Waals surface area contributed by atoms with Crippen LogP contribution in [0.15, 0.2) is 48.5 Å². The van der Waals surface area contributed by atoms with Crippen LogP contribution in [0.1, 0.15) is 30.6 Å². The number of methoxy groups -OCH3 is 2. The van der Waals surface area contributed by atoms with Gasteiger partial charge in [0.15, 0.2) is 6.10 Å². The Morgan fingerprint density at radius 2 is 1.58 bits per heavy atom. The van der Waals surface area contributed by atoms with Gasteiger partial charge in [-0.3, -0.25) is 4.90 Å². The van der Waals surface area contributed by atoms with Crippen LogP contribution >= 0.6 is 0 Å². The highest BCUT2D eigenvalue weighted by atomic mass is 16.6. The Hall–Kier alpha value is -2.73. The van der Waals surface area contributed by atoms with Crippen molar-refractivity contribution in [3.63, 3.8) is 0 Å². The number of hydrogen-bond donors (Lipinski definition) is 1. The molecule has 138 valence electrons. The second-order valence-corrected chi connectivity index (χ2v) is 6.14. The summed E-state index contributed by atoms with van der Waals surface area (Å²) in [6.45, 7) is 2.33. The number of rotatable bonds is 6. The summed E-state index contributed by atoms with van der Waals surface area (Å²) in [6.07, 6.45) is -0.685. The van der Waals surface area contributed by atoms with E-state index in [1.807, 2.05) is 6.92 Å². The van der Waals surface area contributed by atoms with Gasteiger partial charge in [-0.2, -0.15) is 0 Å².